The van der Waals surface area contributed by atoms with E-state index >= 15 is 0 Å². The van der Waals surface area contributed by atoms with Crippen molar-refractivity contribution < 1.29 is 9.18 Å². The van der Waals surface area contributed by atoms with Crippen LogP contribution >= 0.6 is 0 Å². The predicted octanol–water partition coefficient (Wildman–Crippen LogP) is 2.38. The van der Waals surface area contributed by atoms with Crippen LogP contribution < -0.4 is 5.32 Å². The zero-order valence-electron chi connectivity index (χ0n) is 10.7. The molecule has 0 fully saturated rings. The maximum absolute atomic E-state index is 12.7. The van der Waals surface area contributed by atoms with Crippen molar-refractivity contribution in [1.82, 2.24) is 9.88 Å². The van der Waals surface area contributed by atoms with Crippen molar-refractivity contribution in [3.8, 4) is 0 Å². The number of carbonyl (C=O) groups excluding carboxylic acids is 1. The summed E-state index contributed by atoms with van der Waals surface area (Å²) in [5.74, 6) is -0.226. The number of halogens is 1. The molecule has 1 aromatic heterocycles. The van der Waals surface area contributed by atoms with E-state index in [1.54, 1.807) is 12.1 Å². The number of amides is 1. The lowest BCUT2D eigenvalue weighted by atomic mass is 10.1. The molecule has 1 heterocycles. The van der Waals surface area contributed by atoms with Crippen LogP contribution in [0.2, 0.25) is 0 Å². The van der Waals surface area contributed by atoms with Crippen LogP contribution in [0.4, 0.5) is 4.39 Å². The van der Waals surface area contributed by atoms with Gasteiger partial charge in [0.05, 0.1) is 0 Å². The Labute approximate surface area is 112 Å². The fourth-order valence-electron chi connectivity index (χ4n) is 1.84. The van der Waals surface area contributed by atoms with Gasteiger partial charge in [0.15, 0.2) is 0 Å². The molecule has 0 aliphatic carbocycles. The standard InChI is InChI=1S/C15H17FN2O/c16-14-6-3-13(4-7-14)5-8-15(19)17-9-12-18-10-1-2-11-18/h1-4,6-7,10-11H,5,8-9,12H2,(H,17,19). The minimum Gasteiger partial charge on any atom is -0.354 e. The van der Waals surface area contributed by atoms with Crippen molar-refractivity contribution in [3.05, 3.63) is 60.2 Å². The zero-order chi connectivity index (χ0) is 13.5. The summed E-state index contributed by atoms with van der Waals surface area (Å²) < 4.78 is 14.7. The molecule has 2 aromatic rings. The quantitative estimate of drug-likeness (QED) is 0.850. The molecule has 100 valence electrons. The summed E-state index contributed by atoms with van der Waals surface area (Å²) in [6.45, 7) is 1.40. The van der Waals surface area contributed by atoms with E-state index in [2.05, 4.69) is 5.32 Å². The summed E-state index contributed by atoms with van der Waals surface area (Å²) in [6, 6.07) is 10.2. The SMILES string of the molecule is O=C(CCc1ccc(F)cc1)NCCn1cccc1. The molecule has 3 nitrogen and oxygen atoms in total. The predicted molar refractivity (Wildman–Crippen MR) is 72.2 cm³/mol. The minimum absolute atomic E-state index is 0.0245. The Hall–Kier alpha value is -2.10. The second-order valence-corrected chi connectivity index (χ2v) is 4.40. The number of carbonyl (C=O) groups is 1. The van der Waals surface area contributed by atoms with Gasteiger partial charge in [-0.25, -0.2) is 4.39 Å². The van der Waals surface area contributed by atoms with E-state index in [0.29, 0.717) is 19.4 Å². The van der Waals surface area contributed by atoms with Gasteiger partial charge in [-0.05, 0) is 36.2 Å². The van der Waals surface area contributed by atoms with Crippen molar-refractivity contribution in [2.75, 3.05) is 6.54 Å². The lowest BCUT2D eigenvalue weighted by Crippen LogP contribution is -2.27. The summed E-state index contributed by atoms with van der Waals surface area (Å²) >= 11 is 0. The molecule has 0 saturated carbocycles. The molecule has 1 aromatic carbocycles. The summed E-state index contributed by atoms with van der Waals surface area (Å²) in [4.78, 5) is 11.6. The molecule has 1 amide bonds. The van der Waals surface area contributed by atoms with Crippen molar-refractivity contribution in [2.45, 2.75) is 19.4 Å². The fourth-order valence-corrected chi connectivity index (χ4v) is 1.84. The molecule has 0 bridgehead atoms. The summed E-state index contributed by atoms with van der Waals surface area (Å²) in [5.41, 5.74) is 0.974. The first-order valence-electron chi connectivity index (χ1n) is 6.36. The normalized spacial score (nSPS) is 10.4. The number of aromatic nitrogens is 1. The van der Waals surface area contributed by atoms with Gasteiger partial charge < -0.3 is 9.88 Å². The van der Waals surface area contributed by atoms with E-state index < -0.39 is 0 Å². The lowest BCUT2D eigenvalue weighted by molar-refractivity contribution is -0.121. The topological polar surface area (TPSA) is 34.0 Å². The van der Waals surface area contributed by atoms with E-state index in [1.807, 2.05) is 29.1 Å². The number of nitrogens with one attached hydrogen (secondary N) is 1. The van der Waals surface area contributed by atoms with Gasteiger partial charge in [0, 0.05) is 31.9 Å². The number of benzene rings is 1. The third kappa shape index (κ3) is 4.58. The van der Waals surface area contributed by atoms with E-state index in [1.165, 1.54) is 12.1 Å². The first kappa shape index (κ1) is 13.3. The largest absolute Gasteiger partial charge is 0.354 e. The Morgan fingerprint density at radius 1 is 1.16 bits per heavy atom. The van der Waals surface area contributed by atoms with Crippen LogP contribution in [-0.4, -0.2) is 17.0 Å². The second-order valence-electron chi connectivity index (χ2n) is 4.40. The highest BCUT2D eigenvalue weighted by Gasteiger charge is 2.02. The van der Waals surface area contributed by atoms with Crippen LogP contribution in [0.25, 0.3) is 0 Å². The number of hydrogen-bond acceptors (Lipinski definition) is 1. The maximum Gasteiger partial charge on any atom is 0.220 e. The number of aryl methyl sites for hydroxylation is 1. The monoisotopic (exact) mass is 260 g/mol. The molecule has 4 heteroatoms. The Morgan fingerprint density at radius 3 is 2.53 bits per heavy atom. The lowest BCUT2D eigenvalue weighted by Gasteiger charge is -2.06. The number of hydrogen-bond donors (Lipinski definition) is 1. The molecule has 0 spiro atoms. The average molecular weight is 260 g/mol. The summed E-state index contributed by atoms with van der Waals surface area (Å²) in [7, 11) is 0. The Kier molecular flexibility index (Phi) is 4.72. The zero-order valence-corrected chi connectivity index (χ0v) is 10.7. The van der Waals surface area contributed by atoms with Crippen LogP contribution in [0.5, 0.6) is 0 Å². The Bertz CT molecular complexity index is 505. The van der Waals surface area contributed by atoms with Gasteiger partial charge in [-0.3, -0.25) is 4.79 Å². The summed E-state index contributed by atoms with van der Waals surface area (Å²) in [5, 5.41) is 2.87. The molecule has 0 saturated heterocycles. The Morgan fingerprint density at radius 2 is 1.84 bits per heavy atom. The third-order valence-electron chi connectivity index (χ3n) is 2.91. The Balaban J connectivity index is 1.65. The highest BCUT2D eigenvalue weighted by Crippen LogP contribution is 2.05. The van der Waals surface area contributed by atoms with Crippen molar-refractivity contribution in [1.29, 1.82) is 0 Å². The van der Waals surface area contributed by atoms with Crippen LogP contribution in [0.1, 0.15) is 12.0 Å². The molecule has 0 aliphatic rings. The smallest absolute Gasteiger partial charge is 0.220 e. The first-order chi connectivity index (χ1) is 9.24. The molecule has 19 heavy (non-hydrogen) atoms. The van der Waals surface area contributed by atoms with Gasteiger partial charge in [-0.15, -0.1) is 0 Å². The van der Waals surface area contributed by atoms with Gasteiger partial charge in [0.25, 0.3) is 0 Å². The highest BCUT2D eigenvalue weighted by molar-refractivity contribution is 5.76. The average Bonchev–Trinajstić information content (AvgIpc) is 2.91. The van der Waals surface area contributed by atoms with E-state index in [4.69, 9.17) is 0 Å². The van der Waals surface area contributed by atoms with Crippen molar-refractivity contribution in [2.24, 2.45) is 0 Å². The van der Waals surface area contributed by atoms with Crippen LogP contribution in [-0.2, 0) is 17.8 Å². The fraction of sp³-hybridized carbons (Fsp3) is 0.267. The molecule has 0 atom stereocenters. The van der Waals surface area contributed by atoms with Gasteiger partial charge in [-0.2, -0.15) is 0 Å². The summed E-state index contributed by atoms with van der Waals surface area (Å²) in [6.07, 6.45) is 4.99. The molecular weight excluding hydrogens is 243 g/mol. The van der Waals surface area contributed by atoms with Gasteiger partial charge >= 0.3 is 0 Å². The van der Waals surface area contributed by atoms with Gasteiger partial charge in [0.1, 0.15) is 5.82 Å². The first-order valence-corrected chi connectivity index (χ1v) is 6.36. The number of rotatable bonds is 6. The maximum atomic E-state index is 12.7. The molecule has 2 rings (SSSR count). The molecule has 0 unspecified atom stereocenters. The van der Waals surface area contributed by atoms with Crippen LogP contribution in [0, 0.1) is 5.82 Å². The van der Waals surface area contributed by atoms with E-state index in [0.717, 1.165) is 12.1 Å². The van der Waals surface area contributed by atoms with Crippen LogP contribution in [0.3, 0.4) is 0 Å². The van der Waals surface area contributed by atoms with E-state index in [9.17, 15) is 9.18 Å². The molecule has 1 N–H and O–H groups in total. The third-order valence-corrected chi connectivity index (χ3v) is 2.91. The van der Waals surface area contributed by atoms with Gasteiger partial charge in [-0.1, -0.05) is 12.1 Å². The molecule has 0 radical (unpaired) electrons. The second kappa shape index (κ2) is 6.73. The number of nitrogens with zero attached hydrogens (tertiary/aromatic N) is 1. The molecule has 0 aliphatic heterocycles. The van der Waals surface area contributed by atoms with Crippen LogP contribution in [0.15, 0.2) is 48.8 Å². The van der Waals surface area contributed by atoms with Crippen molar-refractivity contribution >= 4 is 5.91 Å². The highest BCUT2D eigenvalue weighted by atomic mass is 19.1. The molecular formula is C15H17FN2O. The minimum atomic E-state index is -0.250. The van der Waals surface area contributed by atoms with Crippen molar-refractivity contribution in [3.63, 3.8) is 0 Å². The van der Waals surface area contributed by atoms with Gasteiger partial charge in [0.2, 0.25) is 5.91 Å². The van der Waals surface area contributed by atoms with E-state index in [-0.39, 0.29) is 11.7 Å².